The van der Waals surface area contributed by atoms with Crippen molar-refractivity contribution in [3.05, 3.63) is 0 Å². The van der Waals surface area contributed by atoms with E-state index in [1.807, 2.05) is 0 Å². The molecule has 31 heavy (non-hydrogen) atoms. The molecular formula is C17H30O14. The number of hydrogen-bond acceptors (Lipinski definition) is 14. The molecule has 3 fully saturated rings. The van der Waals surface area contributed by atoms with E-state index in [1.165, 1.54) is 6.92 Å². The molecule has 3 aliphatic heterocycles. The van der Waals surface area contributed by atoms with Crippen molar-refractivity contribution in [2.24, 2.45) is 0 Å². The van der Waals surface area contributed by atoms with Gasteiger partial charge in [-0.25, -0.2) is 0 Å². The fourth-order valence-electron chi connectivity index (χ4n) is 3.56. The van der Waals surface area contributed by atoms with Crippen molar-refractivity contribution < 1.29 is 69.6 Å². The molecule has 0 aromatic carbocycles. The minimum absolute atomic E-state index is 0.444. The van der Waals surface area contributed by atoms with Crippen molar-refractivity contribution in [2.75, 3.05) is 19.8 Å². The molecule has 0 aromatic rings. The fourth-order valence-corrected chi connectivity index (χ4v) is 3.56. The van der Waals surface area contributed by atoms with E-state index in [0.717, 1.165) is 0 Å². The lowest BCUT2D eigenvalue weighted by molar-refractivity contribution is -0.304. The lowest BCUT2D eigenvalue weighted by Gasteiger charge is -2.40. The van der Waals surface area contributed by atoms with Crippen molar-refractivity contribution in [2.45, 2.75) is 86.3 Å². The molecule has 0 bridgehead atoms. The van der Waals surface area contributed by atoms with Gasteiger partial charge in [-0.3, -0.25) is 0 Å². The monoisotopic (exact) mass is 458 g/mol. The predicted octanol–water partition coefficient (Wildman–Crippen LogP) is -5.90. The second-order valence-corrected chi connectivity index (χ2v) is 8.09. The van der Waals surface area contributed by atoms with Crippen LogP contribution in [0.5, 0.6) is 0 Å². The van der Waals surface area contributed by atoms with E-state index in [2.05, 4.69) is 0 Å². The second kappa shape index (κ2) is 9.74. The zero-order valence-electron chi connectivity index (χ0n) is 16.6. The Kier molecular flexibility index (Phi) is 7.88. The maximum Gasteiger partial charge on any atom is 0.186 e. The number of rotatable bonds is 6. The molecule has 3 aliphatic rings. The first-order valence-corrected chi connectivity index (χ1v) is 9.79. The van der Waals surface area contributed by atoms with Crippen LogP contribution in [0, 0.1) is 0 Å². The van der Waals surface area contributed by atoms with Gasteiger partial charge in [0, 0.05) is 0 Å². The van der Waals surface area contributed by atoms with E-state index in [0.29, 0.717) is 0 Å². The van der Waals surface area contributed by atoms with Crippen LogP contribution in [0.2, 0.25) is 0 Å². The lowest BCUT2D eigenvalue weighted by Crippen LogP contribution is -2.59. The van der Waals surface area contributed by atoms with E-state index in [1.54, 1.807) is 0 Å². The first-order valence-electron chi connectivity index (χ1n) is 9.79. The van der Waals surface area contributed by atoms with Gasteiger partial charge < -0.3 is 69.6 Å². The van der Waals surface area contributed by atoms with Gasteiger partial charge in [0.1, 0.15) is 54.4 Å². The van der Waals surface area contributed by atoms with Gasteiger partial charge in [-0.2, -0.15) is 0 Å². The van der Waals surface area contributed by atoms with Crippen LogP contribution in [0.3, 0.4) is 0 Å². The summed E-state index contributed by atoms with van der Waals surface area (Å²) in [5.41, 5.74) is -1.99. The summed E-state index contributed by atoms with van der Waals surface area (Å²) in [5.74, 6) is 0. The lowest BCUT2D eigenvalue weighted by atomic mass is 9.98. The first kappa shape index (κ1) is 25.1. The van der Waals surface area contributed by atoms with Crippen molar-refractivity contribution >= 4 is 0 Å². The highest BCUT2D eigenvalue weighted by molar-refractivity contribution is 4.96. The van der Waals surface area contributed by atoms with Crippen LogP contribution in [-0.4, -0.2) is 145 Å². The second-order valence-electron chi connectivity index (χ2n) is 8.09. The fraction of sp³-hybridized carbons (Fsp3) is 1.00. The summed E-state index contributed by atoms with van der Waals surface area (Å²) in [6, 6.07) is 0. The average Bonchev–Trinajstić information content (AvgIpc) is 3.02. The molecule has 14 nitrogen and oxygen atoms in total. The van der Waals surface area contributed by atoms with Gasteiger partial charge in [-0.05, 0) is 6.92 Å². The Morgan fingerprint density at radius 1 is 0.774 bits per heavy atom. The predicted molar refractivity (Wildman–Crippen MR) is 93.9 cm³/mol. The van der Waals surface area contributed by atoms with E-state index < -0.39 is 99.2 Å². The zero-order chi connectivity index (χ0) is 23.1. The van der Waals surface area contributed by atoms with E-state index in [4.69, 9.17) is 23.7 Å². The van der Waals surface area contributed by atoms with Crippen molar-refractivity contribution in [1.82, 2.24) is 0 Å². The molecule has 1 unspecified atom stereocenters. The summed E-state index contributed by atoms with van der Waals surface area (Å²) >= 11 is 0. The average molecular weight is 458 g/mol. The van der Waals surface area contributed by atoms with Gasteiger partial charge in [-0.1, -0.05) is 0 Å². The smallest absolute Gasteiger partial charge is 0.186 e. The van der Waals surface area contributed by atoms with Gasteiger partial charge in [0.05, 0.1) is 25.9 Å². The first-order chi connectivity index (χ1) is 14.5. The molecule has 13 atom stereocenters. The van der Waals surface area contributed by atoms with E-state index in [9.17, 15) is 46.0 Å². The zero-order valence-corrected chi connectivity index (χ0v) is 16.6. The molecule has 0 aromatic heterocycles. The number of aliphatic hydroxyl groups excluding tert-OH is 8. The summed E-state index contributed by atoms with van der Waals surface area (Å²) in [7, 11) is 0. The molecule has 9 N–H and O–H groups in total. The quantitative estimate of drug-likeness (QED) is 0.181. The third kappa shape index (κ3) is 5.02. The molecule has 0 amide bonds. The standard InChI is InChI=1S/C17H30O14/c1-5-7(18)9(20)12(23)15(30-5)28-3-17(26)4-29-16(13(17)24)27-2-6-8(19)10(21)11(22)14(25)31-6/h5-16,18-26H,2-4H2,1H3/t5-,6+,7-,8-,9+,10-,11+,12+,13-,14?,15-,16+,17+/m0/s1. The molecule has 3 rings (SSSR count). The third-order valence-corrected chi connectivity index (χ3v) is 5.72. The Labute approximate surface area is 176 Å². The maximum absolute atomic E-state index is 10.6. The largest absolute Gasteiger partial charge is 0.388 e. The summed E-state index contributed by atoms with van der Waals surface area (Å²) < 4.78 is 26.0. The molecule has 3 heterocycles. The third-order valence-electron chi connectivity index (χ3n) is 5.72. The normalized spacial score (nSPS) is 53.6. The van der Waals surface area contributed by atoms with E-state index in [-0.39, 0.29) is 0 Å². The van der Waals surface area contributed by atoms with Gasteiger partial charge in [0.25, 0.3) is 0 Å². The van der Waals surface area contributed by atoms with Crippen molar-refractivity contribution in [1.29, 1.82) is 0 Å². The molecule has 3 saturated heterocycles. The molecule has 0 spiro atoms. The highest BCUT2D eigenvalue weighted by Crippen LogP contribution is 2.29. The molecule has 0 aliphatic carbocycles. The number of aliphatic hydroxyl groups is 9. The van der Waals surface area contributed by atoms with Gasteiger partial charge in [0.15, 0.2) is 18.9 Å². The molecule has 14 heteroatoms. The SMILES string of the molecule is C[C@@H]1O[C@H](OC[C@@]2(O)CO[C@@H](OC[C@H]3OC(O)[C@H](O)[C@@H](O)[C@H]3O)[C@@H]2O)[C@H](O)[C@H](O)[C@H]1O. The minimum atomic E-state index is -1.99. The Balaban J connectivity index is 1.51. The maximum atomic E-state index is 10.6. The van der Waals surface area contributed by atoms with Crippen molar-refractivity contribution in [3.8, 4) is 0 Å². The Bertz CT molecular complexity index is 595. The summed E-state index contributed by atoms with van der Waals surface area (Å²) in [6.45, 7) is -0.0402. The summed E-state index contributed by atoms with van der Waals surface area (Å²) in [6.07, 6.45) is -17.7. The van der Waals surface area contributed by atoms with Crippen LogP contribution in [0.1, 0.15) is 6.92 Å². The topological polar surface area (TPSA) is 228 Å². The van der Waals surface area contributed by atoms with Gasteiger partial charge in [0.2, 0.25) is 0 Å². The highest BCUT2D eigenvalue weighted by Gasteiger charge is 2.52. The van der Waals surface area contributed by atoms with Crippen LogP contribution in [0.15, 0.2) is 0 Å². The minimum Gasteiger partial charge on any atom is -0.388 e. The van der Waals surface area contributed by atoms with Crippen LogP contribution >= 0.6 is 0 Å². The summed E-state index contributed by atoms with van der Waals surface area (Å²) in [5, 5.41) is 89.0. The number of hydrogen-bond donors (Lipinski definition) is 9. The molecule has 0 radical (unpaired) electrons. The van der Waals surface area contributed by atoms with Crippen molar-refractivity contribution in [3.63, 3.8) is 0 Å². The van der Waals surface area contributed by atoms with Crippen LogP contribution < -0.4 is 0 Å². The Hall–Kier alpha value is -0.560. The Morgan fingerprint density at radius 2 is 1.42 bits per heavy atom. The van der Waals surface area contributed by atoms with Gasteiger partial charge in [-0.15, -0.1) is 0 Å². The highest BCUT2D eigenvalue weighted by atomic mass is 16.7. The van der Waals surface area contributed by atoms with Crippen LogP contribution in [-0.2, 0) is 23.7 Å². The molecule has 0 saturated carbocycles. The molecular weight excluding hydrogens is 428 g/mol. The van der Waals surface area contributed by atoms with Crippen LogP contribution in [0.4, 0.5) is 0 Å². The van der Waals surface area contributed by atoms with E-state index >= 15 is 0 Å². The van der Waals surface area contributed by atoms with Crippen LogP contribution in [0.25, 0.3) is 0 Å². The Morgan fingerprint density at radius 3 is 2.10 bits per heavy atom. The molecule has 182 valence electrons. The summed E-state index contributed by atoms with van der Waals surface area (Å²) in [4.78, 5) is 0. The van der Waals surface area contributed by atoms with Gasteiger partial charge >= 0.3 is 0 Å². The number of ether oxygens (including phenoxy) is 5.